The standard InChI is InChI=1S/C25H25FN4O3/c26-22-11-5-4-10-20(22)18-30-24(32)21(17-27-25(30)33)23(31)29-15-13-28(14-16-29)12-6-9-19-7-2-1-3-8-19/h1-11,17H,12-16,18H2,(H,27,33)/b9-6+. The average molecular weight is 448 g/mol. The van der Waals surface area contributed by atoms with Crippen molar-refractivity contribution < 1.29 is 9.18 Å². The number of benzene rings is 2. The van der Waals surface area contributed by atoms with Crippen molar-refractivity contribution in [2.45, 2.75) is 6.54 Å². The van der Waals surface area contributed by atoms with E-state index < -0.39 is 23.0 Å². The van der Waals surface area contributed by atoms with Gasteiger partial charge in [-0.3, -0.25) is 19.1 Å². The van der Waals surface area contributed by atoms with E-state index in [2.05, 4.69) is 22.0 Å². The first-order chi connectivity index (χ1) is 16.0. The van der Waals surface area contributed by atoms with Gasteiger partial charge in [-0.25, -0.2) is 9.18 Å². The van der Waals surface area contributed by atoms with Gasteiger partial charge in [0.1, 0.15) is 11.4 Å². The summed E-state index contributed by atoms with van der Waals surface area (Å²) in [5.74, 6) is -0.948. The van der Waals surface area contributed by atoms with Crippen LogP contribution < -0.4 is 11.2 Å². The van der Waals surface area contributed by atoms with E-state index >= 15 is 0 Å². The smallest absolute Gasteiger partial charge is 0.328 e. The molecule has 8 heteroatoms. The first-order valence-electron chi connectivity index (χ1n) is 10.8. The summed E-state index contributed by atoms with van der Waals surface area (Å²) in [6.45, 7) is 2.83. The van der Waals surface area contributed by atoms with Gasteiger partial charge in [-0.05, 0) is 11.6 Å². The lowest BCUT2D eigenvalue weighted by molar-refractivity contribution is 0.0647. The lowest BCUT2D eigenvalue weighted by atomic mass is 10.2. The Morgan fingerprint density at radius 2 is 1.67 bits per heavy atom. The monoisotopic (exact) mass is 448 g/mol. The Kier molecular flexibility index (Phi) is 6.95. The molecule has 0 aliphatic carbocycles. The summed E-state index contributed by atoms with van der Waals surface area (Å²) in [6, 6.07) is 16.0. The third-order valence-corrected chi connectivity index (χ3v) is 5.71. The SMILES string of the molecule is O=C(c1c[nH]c(=O)n(Cc2ccccc2F)c1=O)N1CCN(C/C=C/c2ccccc2)CC1. The number of amides is 1. The molecule has 0 bridgehead atoms. The van der Waals surface area contributed by atoms with Crippen LogP contribution in [0.2, 0.25) is 0 Å². The Labute approximate surface area is 190 Å². The zero-order valence-corrected chi connectivity index (χ0v) is 18.1. The number of carbonyl (C=O) groups is 1. The molecule has 7 nitrogen and oxygen atoms in total. The zero-order valence-electron chi connectivity index (χ0n) is 18.1. The van der Waals surface area contributed by atoms with Crippen molar-refractivity contribution in [1.82, 2.24) is 19.4 Å². The van der Waals surface area contributed by atoms with E-state index in [4.69, 9.17) is 0 Å². The minimum Gasteiger partial charge on any atom is -0.336 e. The molecule has 0 spiro atoms. The van der Waals surface area contributed by atoms with Crippen LogP contribution in [0.4, 0.5) is 4.39 Å². The Hall–Kier alpha value is -3.78. The van der Waals surface area contributed by atoms with E-state index in [1.54, 1.807) is 11.0 Å². The number of hydrogen-bond acceptors (Lipinski definition) is 4. The predicted molar refractivity (Wildman–Crippen MR) is 125 cm³/mol. The van der Waals surface area contributed by atoms with E-state index in [0.717, 1.165) is 22.9 Å². The molecule has 170 valence electrons. The number of halogens is 1. The number of nitrogens with zero attached hydrogens (tertiary/aromatic N) is 3. The first kappa shape index (κ1) is 22.4. The van der Waals surface area contributed by atoms with Crippen LogP contribution in [0.15, 0.2) is 76.5 Å². The van der Waals surface area contributed by atoms with E-state index in [-0.39, 0.29) is 17.7 Å². The molecule has 4 rings (SSSR count). The van der Waals surface area contributed by atoms with Crippen LogP contribution in [0.5, 0.6) is 0 Å². The summed E-state index contributed by atoms with van der Waals surface area (Å²) in [7, 11) is 0. The highest BCUT2D eigenvalue weighted by molar-refractivity contribution is 5.93. The number of hydrogen-bond donors (Lipinski definition) is 1. The molecule has 2 heterocycles. The van der Waals surface area contributed by atoms with Crippen molar-refractivity contribution in [3.63, 3.8) is 0 Å². The van der Waals surface area contributed by atoms with Crippen molar-refractivity contribution in [2.24, 2.45) is 0 Å². The Bertz CT molecular complexity index is 1260. The second kappa shape index (κ2) is 10.2. The van der Waals surface area contributed by atoms with Gasteiger partial charge in [0.05, 0.1) is 6.54 Å². The van der Waals surface area contributed by atoms with E-state index in [0.29, 0.717) is 26.2 Å². The Balaban J connectivity index is 1.41. The van der Waals surface area contributed by atoms with E-state index in [1.807, 2.05) is 30.3 Å². The Morgan fingerprint density at radius 3 is 2.39 bits per heavy atom. The first-order valence-corrected chi connectivity index (χ1v) is 10.8. The van der Waals surface area contributed by atoms with Gasteiger partial charge in [-0.2, -0.15) is 0 Å². The number of aromatic nitrogens is 2. The van der Waals surface area contributed by atoms with Gasteiger partial charge in [0.2, 0.25) is 0 Å². The third kappa shape index (κ3) is 5.35. The molecule has 1 aliphatic heterocycles. The molecule has 1 saturated heterocycles. The highest BCUT2D eigenvalue weighted by Crippen LogP contribution is 2.09. The topological polar surface area (TPSA) is 78.4 Å². The molecule has 1 amide bonds. The fourth-order valence-electron chi connectivity index (χ4n) is 3.81. The van der Waals surface area contributed by atoms with Gasteiger partial charge < -0.3 is 9.88 Å². The largest absolute Gasteiger partial charge is 0.336 e. The molecule has 0 radical (unpaired) electrons. The molecule has 3 aromatic rings. The lowest BCUT2D eigenvalue weighted by Gasteiger charge is -2.34. The van der Waals surface area contributed by atoms with Gasteiger partial charge in [-0.15, -0.1) is 0 Å². The summed E-state index contributed by atoms with van der Waals surface area (Å²) in [5.41, 5.74) is -0.193. The molecule has 0 unspecified atom stereocenters. The number of nitrogens with one attached hydrogen (secondary N) is 1. The van der Waals surface area contributed by atoms with Crippen LogP contribution in [-0.4, -0.2) is 58.0 Å². The predicted octanol–water partition coefficient (Wildman–Crippen LogP) is 2.20. The number of rotatable bonds is 6. The fourth-order valence-corrected chi connectivity index (χ4v) is 3.81. The van der Waals surface area contributed by atoms with Crippen LogP contribution in [0.1, 0.15) is 21.5 Å². The second-order valence-corrected chi connectivity index (χ2v) is 7.90. The average Bonchev–Trinajstić information content (AvgIpc) is 2.84. The fraction of sp³-hybridized carbons (Fsp3) is 0.240. The minimum atomic E-state index is -0.722. The summed E-state index contributed by atoms with van der Waals surface area (Å²) in [5, 5.41) is 0. The van der Waals surface area contributed by atoms with Crippen molar-refractivity contribution in [1.29, 1.82) is 0 Å². The third-order valence-electron chi connectivity index (χ3n) is 5.71. The van der Waals surface area contributed by atoms with Gasteiger partial charge >= 0.3 is 5.69 Å². The van der Waals surface area contributed by atoms with Gasteiger partial charge in [0, 0.05) is 44.5 Å². The van der Waals surface area contributed by atoms with Crippen molar-refractivity contribution in [3.8, 4) is 0 Å². The molecule has 1 aliphatic rings. The van der Waals surface area contributed by atoms with Gasteiger partial charge in [0.15, 0.2) is 0 Å². The van der Waals surface area contributed by atoms with Crippen molar-refractivity contribution >= 4 is 12.0 Å². The van der Waals surface area contributed by atoms with Crippen LogP contribution in [0, 0.1) is 5.82 Å². The molecule has 0 saturated carbocycles. The van der Waals surface area contributed by atoms with Crippen LogP contribution in [0.3, 0.4) is 0 Å². The molecule has 1 aromatic heterocycles. The highest BCUT2D eigenvalue weighted by atomic mass is 19.1. The van der Waals surface area contributed by atoms with E-state index in [9.17, 15) is 18.8 Å². The normalized spacial score (nSPS) is 14.6. The summed E-state index contributed by atoms with van der Waals surface area (Å²) >= 11 is 0. The molecular weight excluding hydrogens is 423 g/mol. The maximum atomic E-state index is 14.0. The number of H-pyrrole nitrogens is 1. The van der Waals surface area contributed by atoms with Crippen molar-refractivity contribution in [2.75, 3.05) is 32.7 Å². The summed E-state index contributed by atoms with van der Waals surface area (Å²) < 4.78 is 14.9. The van der Waals surface area contributed by atoms with Crippen LogP contribution in [0.25, 0.3) is 6.08 Å². The number of piperazine rings is 1. The summed E-state index contributed by atoms with van der Waals surface area (Å²) in [6.07, 6.45) is 5.31. The molecule has 0 atom stereocenters. The molecule has 1 N–H and O–H groups in total. The second-order valence-electron chi connectivity index (χ2n) is 7.90. The highest BCUT2D eigenvalue weighted by Gasteiger charge is 2.25. The number of aromatic amines is 1. The quantitative estimate of drug-likeness (QED) is 0.627. The lowest BCUT2D eigenvalue weighted by Crippen LogP contribution is -2.50. The number of carbonyl (C=O) groups excluding carboxylic acids is 1. The molecule has 1 fully saturated rings. The van der Waals surface area contributed by atoms with E-state index in [1.165, 1.54) is 18.2 Å². The Morgan fingerprint density at radius 1 is 0.970 bits per heavy atom. The van der Waals surface area contributed by atoms with Crippen LogP contribution in [-0.2, 0) is 6.54 Å². The zero-order chi connectivity index (χ0) is 23.2. The maximum Gasteiger partial charge on any atom is 0.328 e. The van der Waals surface area contributed by atoms with Crippen molar-refractivity contribution in [3.05, 3.63) is 110 Å². The molecular formula is C25H25FN4O3. The van der Waals surface area contributed by atoms with Gasteiger partial charge in [-0.1, -0.05) is 60.7 Å². The van der Waals surface area contributed by atoms with Gasteiger partial charge in [0.25, 0.3) is 11.5 Å². The minimum absolute atomic E-state index is 0.122. The molecule has 33 heavy (non-hydrogen) atoms. The van der Waals surface area contributed by atoms with Crippen LogP contribution >= 0.6 is 0 Å². The molecule has 2 aromatic carbocycles. The summed E-state index contributed by atoms with van der Waals surface area (Å²) in [4.78, 5) is 44.4. The maximum absolute atomic E-state index is 14.0.